The molecule has 2 fully saturated rings. The molecule has 1 aliphatic carbocycles. The van der Waals surface area contributed by atoms with Crippen LogP contribution >= 0.6 is 0 Å². The van der Waals surface area contributed by atoms with Crippen molar-refractivity contribution in [3.8, 4) is 0 Å². The van der Waals surface area contributed by atoms with Crippen LogP contribution in [0, 0.1) is 13.8 Å². The van der Waals surface area contributed by atoms with E-state index < -0.39 is 5.54 Å². The van der Waals surface area contributed by atoms with E-state index in [9.17, 15) is 9.59 Å². The number of aryl methyl sites for hydroxylation is 1. The van der Waals surface area contributed by atoms with Crippen molar-refractivity contribution < 1.29 is 9.59 Å². The average molecular weight is 286 g/mol. The van der Waals surface area contributed by atoms with Crippen LogP contribution in [0.5, 0.6) is 0 Å². The van der Waals surface area contributed by atoms with E-state index in [2.05, 4.69) is 5.32 Å². The maximum atomic E-state index is 13.0. The molecule has 1 heterocycles. The lowest BCUT2D eigenvalue weighted by atomic mass is 9.79. The largest absolute Gasteiger partial charge is 0.340 e. The summed E-state index contributed by atoms with van der Waals surface area (Å²) < 4.78 is 0. The highest BCUT2D eigenvalue weighted by Crippen LogP contribution is 2.34. The standard InChI is InChI=1S/C17H22N2O2/c1-12-7-6-8-14(13(12)2)19-11-15(20)18-17(16(19)21)9-4-3-5-10-17/h6-8H,3-5,9-11H2,1-2H3,(H,18,20). The van der Waals surface area contributed by atoms with Crippen LogP contribution in [-0.4, -0.2) is 23.9 Å². The van der Waals surface area contributed by atoms with Gasteiger partial charge in [-0.15, -0.1) is 0 Å². The highest BCUT2D eigenvalue weighted by atomic mass is 16.2. The molecule has 1 saturated carbocycles. The van der Waals surface area contributed by atoms with Crippen molar-refractivity contribution in [2.75, 3.05) is 11.4 Å². The van der Waals surface area contributed by atoms with E-state index >= 15 is 0 Å². The van der Waals surface area contributed by atoms with E-state index in [1.54, 1.807) is 4.90 Å². The fourth-order valence-corrected chi connectivity index (χ4v) is 3.55. The highest BCUT2D eigenvalue weighted by Gasteiger charge is 2.47. The summed E-state index contributed by atoms with van der Waals surface area (Å²) in [5, 5.41) is 2.99. The van der Waals surface area contributed by atoms with Crippen molar-refractivity contribution in [2.24, 2.45) is 0 Å². The van der Waals surface area contributed by atoms with E-state index in [1.165, 1.54) is 0 Å². The van der Waals surface area contributed by atoms with Crippen molar-refractivity contribution in [1.29, 1.82) is 0 Å². The molecule has 1 aliphatic heterocycles. The molecule has 0 aromatic heterocycles. The summed E-state index contributed by atoms with van der Waals surface area (Å²) in [5.41, 5.74) is 2.43. The molecule has 1 aromatic rings. The predicted octanol–water partition coefficient (Wildman–Crippen LogP) is 2.47. The second-order valence-electron chi connectivity index (χ2n) is 6.30. The number of rotatable bonds is 1. The Morgan fingerprint density at radius 2 is 1.81 bits per heavy atom. The molecule has 1 saturated heterocycles. The second-order valence-corrected chi connectivity index (χ2v) is 6.30. The fourth-order valence-electron chi connectivity index (χ4n) is 3.55. The van der Waals surface area contributed by atoms with Crippen LogP contribution in [0.15, 0.2) is 18.2 Å². The Morgan fingerprint density at radius 1 is 1.10 bits per heavy atom. The Hall–Kier alpha value is -1.84. The van der Waals surface area contributed by atoms with E-state index in [-0.39, 0.29) is 18.4 Å². The Balaban J connectivity index is 2.00. The summed E-state index contributed by atoms with van der Waals surface area (Å²) in [7, 11) is 0. The zero-order chi connectivity index (χ0) is 15.0. The first kappa shape index (κ1) is 14.1. The molecular formula is C17H22N2O2. The number of nitrogens with zero attached hydrogens (tertiary/aromatic N) is 1. The summed E-state index contributed by atoms with van der Waals surface area (Å²) in [4.78, 5) is 26.9. The summed E-state index contributed by atoms with van der Waals surface area (Å²) in [6.07, 6.45) is 4.69. The fraction of sp³-hybridized carbons (Fsp3) is 0.529. The molecule has 0 bridgehead atoms. The van der Waals surface area contributed by atoms with Crippen molar-refractivity contribution in [3.05, 3.63) is 29.3 Å². The Labute approximate surface area is 125 Å². The molecule has 0 unspecified atom stereocenters. The van der Waals surface area contributed by atoms with Crippen LogP contribution < -0.4 is 10.2 Å². The third-order valence-corrected chi connectivity index (χ3v) is 4.91. The van der Waals surface area contributed by atoms with Gasteiger partial charge < -0.3 is 10.2 Å². The minimum absolute atomic E-state index is 0.0441. The SMILES string of the molecule is Cc1cccc(N2CC(=O)NC3(CCCCC3)C2=O)c1C. The molecular weight excluding hydrogens is 264 g/mol. The van der Waals surface area contributed by atoms with Gasteiger partial charge in [-0.3, -0.25) is 9.59 Å². The molecule has 2 aliphatic rings. The average Bonchev–Trinajstić information content (AvgIpc) is 2.47. The van der Waals surface area contributed by atoms with Gasteiger partial charge >= 0.3 is 0 Å². The van der Waals surface area contributed by atoms with Crippen molar-refractivity contribution in [2.45, 2.75) is 51.5 Å². The van der Waals surface area contributed by atoms with Crippen LogP contribution in [-0.2, 0) is 9.59 Å². The topological polar surface area (TPSA) is 49.4 Å². The quantitative estimate of drug-likeness (QED) is 0.862. The number of carbonyl (C=O) groups excluding carboxylic acids is 2. The van der Waals surface area contributed by atoms with Gasteiger partial charge in [0.2, 0.25) is 5.91 Å². The molecule has 1 N–H and O–H groups in total. The zero-order valence-corrected chi connectivity index (χ0v) is 12.7. The van der Waals surface area contributed by atoms with Gasteiger partial charge in [-0.05, 0) is 43.9 Å². The van der Waals surface area contributed by atoms with Gasteiger partial charge in [-0.25, -0.2) is 0 Å². The van der Waals surface area contributed by atoms with Crippen molar-refractivity contribution >= 4 is 17.5 Å². The summed E-state index contributed by atoms with van der Waals surface area (Å²) in [5.74, 6) is 0.0212. The van der Waals surface area contributed by atoms with E-state index in [1.807, 2.05) is 32.0 Å². The minimum atomic E-state index is -0.663. The number of anilines is 1. The molecule has 2 amide bonds. The lowest BCUT2D eigenvalue weighted by Gasteiger charge is -2.44. The van der Waals surface area contributed by atoms with Crippen LogP contribution in [0.2, 0.25) is 0 Å². The molecule has 1 spiro atoms. The van der Waals surface area contributed by atoms with E-state index in [0.29, 0.717) is 0 Å². The van der Waals surface area contributed by atoms with Crippen LogP contribution in [0.4, 0.5) is 5.69 Å². The lowest BCUT2D eigenvalue weighted by molar-refractivity contribution is -0.137. The van der Waals surface area contributed by atoms with E-state index in [0.717, 1.165) is 48.9 Å². The molecule has 4 nitrogen and oxygen atoms in total. The normalized spacial score (nSPS) is 21.5. The summed E-state index contributed by atoms with van der Waals surface area (Å²) in [6, 6.07) is 5.92. The lowest BCUT2D eigenvalue weighted by Crippen LogP contribution is -2.67. The maximum absolute atomic E-state index is 13.0. The first-order valence-corrected chi connectivity index (χ1v) is 7.73. The molecule has 0 radical (unpaired) electrons. The number of nitrogens with one attached hydrogen (secondary N) is 1. The first-order valence-electron chi connectivity index (χ1n) is 7.73. The molecule has 0 atom stereocenters. The van der Waals surface area contributed by atoms with Gasteiger partial charge in [0.25, 0.3) is 5.91 Å². The van der Waals surface area contributed by atoms with Crippen LogP contribution in [0.3, 0.4) is 0 Å². The Kier molecular flexibility index (Phi) is 3.47. The number of amides is 2. The highest BCUT2D eigenvalue weighted by molar-refractivity contribution is 6.09. The number of hydrogen-bond donors (Lipinski definition) is 1. The monoisotopic (exact) mass is 286 g/mol. The zero-order valence-electron chi connectivity index (χ0n) is 12.7. The minimum Gasteiger partial charge on any atom is -0.340 e. The van der Waals surface area contributed by atoms with Gasteiger partial charge in [0.1, 0.15) is 12.1 Å². The number of hydrogen-bond acceptors (Lipinski definition) is 2. The Bertz CT molecular complexity index is 588. The predicted molar refractivity (Wildman–Crippen MR) is 82.2 cm³/mol. The smallest absolute Gasteiger partial charge is 0.253 e. The van der Waals surface area contributed by atoms with Gasteiger partial charge in [0, 0.05) is 5.69 Å². The third-order valence-electron chi connectivity index (χ3n) is 4.91. The summed E-state index contributed by atoms with van der Waals surface area (Å²) in [6.45, 7) is 4.17. The van der Waals surface area contributed by atoms with Crippen LogP contribution in [0.25, 0.3) is 0 Å². The number of piperazine rings is 1. The van der Waals surface area contributed by atoms with Gasteiger partial charge in [-0.2, -0.15) is 0 Å². The van der Waals surface area contributed by atoms with Gasteiger partial charge in [-0.1, -0.05) is 31.4 Å². The first-order chi connectivity index (χ1) is 10.0. The Morgan fingerprint density at radius 3 is 2.52 bits per heavy atom. The van der Waals surface area contributed by atoms with Crippen molar-refractivity contribution in [1.82, 2.24) is 5.32 Å². The molecule has 1 aromatic carbocycles. The number of benzene rings is 1. The van der Waals surface area contributed by atoms with Gasteiger partial charge in [0.15, 0.2) is 0 Å². The number of carbonyl (C=O) groups is 2. The molecule has 3 rings (SSSR count). The summed E-state index contributed by atoms with van der Waals surface area (Å²) >= 11 is 0. The van der Waals surface area contributed by atoms with Gasteiger partial charge in [0.05, 0.1) is 0 Å². The van der Waals surface area contributed by atoms with Crippen LogP contribution in [0.1, 0.15) is 43.2 Å². The van der Waals surface area contributed by atoms with E-state index in [4.69, 9.17) is 0 Å². The second kappa shape index (κ2) is 5.17. The van der Waals surface area contributed by atoms with Crippen molar-refractivity contribution in [3.63, 3.8) is 0 Å². The molecule has 4 heteroatoms. The molecule has 21 heavy (non-hydrogen) atoms. The maximum Gasteiger partial charge on any atom is 0.253 e. The molecule has 112 valence electrons. The third kappa shape index (κ3) is 2.33.